The van der Waals surface area contributed by atoms with E-state index in [1.165, 1.54) is 24.3 Å². The zero-order chi connectivity index (χ0) is 28.9. The minimum atomic E-state index is -1.84. The molecular formula is C32H43ClFNO4Si. The number of ether oxygens (including phenoxy) is 2. The second kappa shape index (κ2) is 11.0. The summed E-state index contributed by atoms with van der Waals surface area (Å²) in [5.74, 6) is 0.114. The maximum atomic E-state index is 15.1. The SMILES string of the molecule is COC(=O)c1cc2c(cc1F)OC[C@]1(CCCc3cc(Cl)ccc31)CN2C[C@@H]1CC[C@H]1CO[Si](C)(C)C(C)(C)C. The zero-order valence-corrected chi connectivity index (χ0v) is 26.5. The number of rotatable bonds is 6. The van der Waals surface area contributed by atoms with Crippen molar-refractivity contribution in [3.05, 3.63) is 57.9 Å². The molecule has 0 unspecified atom stereocenters. The summed E-state index contributed by atoms with van der Waals surface area (Å²) in [5.41, 5.74) is 2.97. The molecule has 0 amide bonds. The van der Waals surface area contributed by atoms with Crippen LogP contribution in [0, 0.1) is 17.7 Å². The molecule has 2 aromatic carbocycles. The molecule has 3 aliphatic rings. The van der Waals surface area contributed by atoms with Crippen molar-refractivity contribution in [1.82, 2.24) is 0 Å². The summed E-state index contributed by atoms with van der Waals surface area (Å²) in [6, 6.07) is 9.17. The van der Waals surface area contributed by atoms with E-state index in [4.69, 9.17) is 25.5 Å². The highest BCUT2D eigenvalue weighted by Gasteiger charge is 2.44. The molecule has 8 heteroatoms. The van der Waals surface area contributed by atoms with Gasteiger partial charge in [0.2, 0.25) is 0 Å². The molecule has 1 spiro atoms. The van der Waals surface area contributed by atoms with Gasteiger partial charge in [-0.15, -0.1) is 0 Å². The lowest BCUT2D eigenvalue weighted by Gasteiger charge is -2.45. The van der Waals surface area contributed by atoms with E-state index in [2.05, 4.69) is 50.9 Å². The van der Waals surface area contributed by atoms with Gasteiger partial charge in [-0.25, -0.2) is 9.18 Å². The number of halogens is 2. The van der Waals surface area contributed by atoms with Crippen molar-refractivity contribution in [3.8, 4) is 5.75 Å². The van der Waals surface area contributed by atoms with Crippen LogP contribution in [0.4, 0.5) is 10.1 Å². The molecule has 5 nitrogen and oxygen atoms in total. The Kier molecular flexibility index (Phi) is 8.05. The van der Waals surface area contributed by atoms with Crippen LogP contribution in [0.1, 0.15) is 67.9 Å². The Morgan fingerprint density at radius 3 is 2.62 bits per heavy atom. The largest absolute Gasteiger partial charge is 0.490 e. The number of hydrogen-bond donors (Lipinski definition) is 0. The topological polar surface area (TPSA) is 48.0 Å². The summed E-state index contributed by atoms with van der Waals surface area (Å²) in [5, 5.41) is 0.917. The summed E-state index contributed by atoms with van der Waals surface area (Å²) in [6.45, 7) is 14.2. The molecule has 0 saturated heterocycles. The molecule has 3 atom stereocenters. The Balaban J connectivity index is 1.47. The fraction of sp³-hybridized carbons (Fsp3) is 0.594. The molecule has 1 saturated carbocycles. The standard InChI is InChI=1S/C32H43ClFNO4Si/c1-31(2,3)40(5,6)39-18-23-10-9-22(23)17-35-19-32(13-7-8-21-14-24(33)11-12-26(21)32)20-38-29-16-27(34)25(15-28(29)35)30(36)37-4/h11-12,14-16,22-23H,7-10,13,17-20H2,1-6H3/t22-,23-,32-/m0/s1. The van der Waals surface area contributed by atoms with Gasteiger partial charge in [0, 0.05) is 36.2 Å². The quantitative estimate of drug-likeness (QED) is 0.255. The summed E-state index contributed by atoms with van der Waals surface area (Å²) >= 11 is 6.38. The third kappa shape index (κ3) is 5.54. The number of aryl methyl sites for hydroxylation is 1. The van der Waals surface area contributed by atoms with E-state index in [0.717, 1.165) is 62.5 Å². The summed E-state index contributed by atoms with van der Waals surface area (Å²) < 4.78 is 33.0. The van der Waals surface area contributed by atoms with E-state index in [1.807, 2.05) is 6.07 Å². The third-order valence-corrected chi connectivity index (χ3v) is 14.8. The molecule has 1 fully saturated rings. The van der Waals surface area contributed by atoms with E-state index in [0.29, 0.717) is 24.2 Å². The fourth-order valence-electron chi connectivity index (χ4n) is 6.31. The van der Waals surface area contributed by atoms with Gasteiger partial charge in [0.05, 0.1) is 25.0 Å². The Morgan fingerprint density at radius 2 is 1.95 bits per heavy atom. The maximum absolute atomic E-state index is 15.1. The second-order valence-electron chi connectivity index (χ2n) is 13.6. The first kappa shape index (κ1) is 29.4. The van der Waals surface area contributed by atoms with Crippen LogP contribution in [0.2, 0.25) is 23.2 Å². The first-order valence-electron chi connectivity index (χ1n) is 14.6. The molecule has 0 aromatic heterocycles. The van der Waals surface area contributed by atoms with Gasteiger partial charge in [-0.3, -0.25) is 0 Å². The van der Waals surface area contributed by atoms with Crippen LogP contribution in [-0.4, -0.2) is 47.7 Å². The lowest BCUT2D eigenvalue weighted by molar-refractivity contribution is 0.0595. The second-order valence-corrected chi connectivity index (χ2v) is 18.8. The Labute approximate surface area is 244 Å². The molecule has 0 bridgehead atoms. The number of fused-ring (bicyclic) bond motifs is 3. The van der Waals surface area contributed by atoms with Gasteiger partial charge >= 0.3 is 5.97 Å². The summed E-state index contributed by atoms with van der Waals surface area (Å²) in [4.78, 5) is 14.8. The van der Waals surface area contributed by atoms with E-state index in [9.17, 15) is 4.79 Å². The van der Waals surface area contributed by atoms with Gasteiger partial charge < -0.3 is 18.8 Å². The Hall–Kier alpha value is -2.09. The highest BCUT2D eigenvalue weighted by molar-refractivity contribution is 6.74. The van der Waals surface area contributed by atoms with Crippen molar-refractivity contribution in [1.29, 1.82) is 0 Å². The molecule has 1 heterocycles. The van der Waals surface area contributed by atoms with Gasteiger partial charge in [-0.05, 0) is 91.4 Å². The minimum Gasteiger partial charge on any atom is -0.490 e. The number of methoxy groups -OCH3 is 1. The summed E-state index contributed by atoms with van der Waals surface area (Å²) in [7, 11) is -0.562. The van der Waals surface area contributed by atoms with Crippen LogP contribution in [-0.2, 0) is 21.0 Å². The number of esters is 1. The lowest BCUT2D eigenvalue weighted by atomic mass is 9.69. The third-order valence-electron chi connectivity index (χ3n) is 10.0. The van der Waals surface area contributed by atoms with Gasteiger partial charge in [-0.2, -0.15) is 0 Å². The highest BCUT2D eigenvalue weighted by atomic mass is 35.5. The molecule has 0 radical (unpaired) electrons. The fourth-order valence-corrected chi connectivity index (χ4v) is 7.57. The van der Waals surface area contributed by atoms with Crippen molar-refractivity contribution in [2.45, 2.75) is 76.4 Å². The molecule has 2 aromatic rings. The summed E-state index contributed by atoms with van der Waals surface area (Å²) in [6.07, 6.45) is 5.28. The number of anilines is 1. The molecule has 5 rings (SSSR count). The molecule has 218 valence electrons. The van der Waals surface area contributed by atoms with Crippen molar-refractivity contribution in [3.63, 3.8) is 0 Å². The normalized spacial score (nSPS) is 24.4. The van der Waals surface area contributed by atoms with Crippen LogP contribution in [0.5, 0.6) is 5.75 Å². The van der Waals surface area contributed by atoms with Crippen LogP contribution in [0.25, 0.3) is 0 Å². The van der Waals surface area contributed by atoms with Gasteiger partial charge in [0.1, 0.15) is 11.6 Å². The Morgan fingerprint density at radius 1 is 1.20 bits per heavy atom. The van der Waals surface area contributed by atoms with Crippen LogP contribution >= 0.6 is 11.6 Å². The van der Waals surface area contributed by atoms with Crippen molar-refractivity contribution < 1.29 is 23.1 Å². The first-order chi connectivity index (χ1) is 18.8. The minimum absolute atomic E-state index is 0.0620. The number of benzene rings is 2. The maximum Gasteiger partial charge on any atom is 0.340 e. The molecule has 40 heavy (non-hydrogen) atoms. The average Bonchev–Trinajstić information content (AvgIpc) is 3.02. The van der Waals surface area contributed by atoms with E-state index in [-0.39, 0.29) is 16.0 Å². The highest BCUT2D eigenvalue weighted by Crippen LogP contribution is 2.47. The average molecular weight is 588 g/mol. The number of nitrogens with zero attached hydrogens (tertiary/aromatic N) is 1. The predicted molar refractivity (Wildman–Crippen MR) is 161 cm³/mol. The van der Waals surface area contributed by atoms with E-state index in [1.54, 1.807) is 6.07 Å². The van der Waals surface area contributed by atoms with E-state index >= 15 is 4.39 Å². The van der Waals surface area contributed by atoms with Gasteiger partial charge in [0.25, 0.3) is 0 Å². The Bertz CT molecular complexity index is 1280. The van der Waals surface area contributed by atoms with Gasteiger partial charge in [0.15, 0.2) is 8.32 Å². The van der Waals surface area contributed by atoms with E-state index < -0.39 is 20.1 Å². The van der Waals surface area contributed by atoms with Crippen molar-refractivity contribution >= 4 is 31.6 Å². The van der Waals surface area contributed by atoms with Gasteiger partial charge in [-0.1, -0.05) is 38.4 Å². The molecular weight excluding hydrogens is 545 g/mol. The number of carbonyl (C=O) groups is 1. The van der Waals surface area contributed by atoms with Crippen molar-refractivity contribution in [2.24, 2.45) is 11.8 Å². The predicted octanol–water partition coefficient (Wildman–Crippen LogP) is 7.79. The first-order valence-corrected chi connectivity index (χ1v) is 17.8. The van der Waals surface area contributed by atoms with Crippen molar-refractivity contribution in [2.75, 3.05) is 38.3 Å². The smallest absolute Gasteiger partial charge is 0.340 e. The number of hydrogen-bond acceptors (Lipinski definition) is 5. The number of carbonyl (C=O) groups excluding carboxylic acids is 1. The van der Waals surface area contributed by atoms with Crippen LogP contribution < -0.4 is 9.64 Å². The van der Waals surface area contributed by atoms with Crippen LogP contribution in [0.3, 0.4) is 0 Å². The van der Waals surface area contributed by atoms with Crippen LogP contribution in [0.15, 0.2) is 30.3 Å². The zero-order valence-electron chi connectivity index (χ0n) is 24.7. The molecule has 2 aliphatic carbocycles. The monoisotopic (exact) mass is 587 g/mol. The molecule has 1 aliphatic heterocycles. The lowest BCUT2D eigenvalue weighted by Crippen LogP contribution is -2.49. The molecule has 0 N–H and O–H groups in total.